The molecule has 0 aliphatic heterocycles. The van der Waals surface area contributed by atoms with Gasteiger partial charge in [-0.3, -0.25) is 4.79 Å². The van der Waals surface area contributed by atoms with Crippen molar-refractivity contribution in [2.75, 3.05) is 7.11 Å². The Labute approximate surface area is 101 Å². The Morgan fingerprint density at radius 3 is 2.61 bits per heavy atom. The summed E-state index contributed by atoms with van der Waals surface area (Å²) in [6, 6.07) is 2.15. The zero-order chi connectivity index (χ0) is 13.8. The molecule has 0 unspecified atom stereocenters. The van der Waals surface area contributed by atoms with Crippen molar-refractivity contribution in [2.45, 2.75) is 12.6 Å². The minimum absolute atomic E-state index is 0.328. The zero-order valence-electron chi connectivity index (χ0n) is 9.27. The smallest absolute Gasteiger partial charge is 0.417 e. The van der Waals surface area contributed by atoms with Crippen LogP contribution in [0.25, 0.3) is 0 Å². The predicted octanol–water partition coefficient (Wildman–Crippen LogP) is 2.76. The molecule has 0 spiro atoms. The number of carbonyl (C=O) groups is 1. The van der Waals surface area contributed by atoms with Crippen molar-refractivity contribution in [1.29, 1.82) is 0 Å². The standard InChI is InChI=1S/C12H8F4O2/c1-18-11(17)4-2-3-8-5-6-9(13)7-10(8)12(14,15)16/h5-7H,4H2,1H3. The second-order valence-electron chi connectivity index (χ2n) is 3.24. The van der Waals surface area contributed by atoms with Crippen LogP contribution in [0.15, 0.2) is 18.2 Å². The second kappa shape index (κ2) is 5.54. The number of benzene rings is 1. The second-order valence-corrected chi connectivity index (χ2v) is 3.24. The van der Waals surface area contributed by atoms with Crippen molar-refractivity contribution in [3.63, 3.8) is 0 Å². The lowest BCUT2D eigenvalue weighted by Gasteiger charge is -2.08. The molecule has 0 saturated carbocycles. The predicted molar refractivity (Wildman–Crippen MR) is 54.9 cm³/mol. The molecule has 0 aliphatic rings. The van der Waals surface area contributed by atoms with E-state index in [9.17, 15) is 22.4 Å². The van der Waals surface area contributed by atoms with Gasteiger partial charge in [0.1, 0.15) is 12.2 Å². The van der Waals surface area contributed by atoms with E-state index in [0.717, 1.165) is 19.2 Å². The van der Waals surface area contributed by atoms with E-state index < -0.39 is 23.5 Å². The molecule has 0 N–H and O–H groups in total. The molecule has 0 heterocycles. The minimum Gasteiger partial charge on any atom is -0.468 e. The molecular formula is C12H8F4O2. The fourth-order valence-corrected chi connectivity index (χ4v) is 1.14. The van der Waals surface area contributed by atoms with Crippen LogP contribution in [0.5, 0.6) is 0 Å². The SMILES string of the molecule is COC(=O)CC#Cc1ccc(F)cc1C(F)(F)F. The summed E-state index contributed by atoms with van der Waals surface area (Å²) < 4.78 is 54.7. The van der Waals surface area contributed by atoms with Crippen molar-refractivity contribution < 1.29 is 27.1 Å². The highest BCUT2D eigenvalue weighted by Crippen LogP contribution is 2.32. The van der Waals surface area contributed by atoms with Crippen LogP contribution in [0.1, 0.15) is 17.5 Å². The summed E-state index contributed by atoms with van der Waals surface area (Å²) in [7, 11) is 1.14. The number of methoxy groups -OCH3 is 1. The van der Waals surface area contributed by atoms with E-state index in [1.165, 1.54) is 0 Å². The first-order valence-corrected chi connectivity index (χ1v) is 4.77. The van der Waals surface area contributed by atoms with Gasteiger partial charge in [-0.2, -0.15) is 13.2 Å². The van der Waals surface area contributed by atoms with Gasteiger partial charge in [0, 0.05) is 5.56 Å². The van der Waals surface area contributed by atoms with Crippen molar-refractivity contribution >= 4 is 5.97 Å². The van der Waals surface area contributed by atoms with Gasteiger partial charge in [0.25, 0.3) is 0 Å². The maximum atomic E-state index is 12.8. The summed E-state index contributed by atoms with van der Waals surface area (Å²) in [5.74, 6) is 2.76. The Bertz CT molecular complexity index is 509. The lowest BCUT2D eigenvalue weighted by Crippen LogP contribution is -2.08. The van der Waals surface area contributed by atoms with Crippen LogP contribution in [-0.4, -0.2) is 13.1 Å². The summed E-state index contributed by atoms with van der Waals surface area (Å²) in [6.07, 6.45) is -5.03. The number of carbonyl (C=O) groups excluding carboxylic acids is 1. The van der Waals surface area contributed by atoms with Crippen LogP contribution in [0.3, 0.4) is 0 Å². The van der Waals surface area contributed by atoms with Crippen molar-refractivity contribution in [3.05, 3.63) is 35.1 Å². The van der Waals surface area contributed by atoms with Crippen LogP contribution in [0, 0.1) is 17.7 Å². The number of rotatable bonds is 1. The molecule has 0 bridgehead atoms. The molecule has 2 nitrogen and oxygen atoms in total. The third-order valence-corrected chi connectivity index (χ3v) is 1.97. The van der Waals surface area contributed by atoms with Gasteiger partial charge in [-0.1, -0.05) is 11.8 Å². The van der Waals surface area contributed by atoms with Gasteiger partial charge in [-0.25, -0.2) is 4.39 Å². The van der Waals surface area contributed by atoms with Gasteiger partial charge in [-0.15, -0.1) is 0 Å². The average Bonchev–Trinajstić information content (AvgIpc) is 2.29. The number of halogens is 4. The van der Waals surface area contributed by atoms with Gasteiger partial charge in [0.2, 0.25) is 0 Å². The Balaban J connectivity index is 3.06. The third kappa shape index (κ3) is 3.77. The average molecular weight is 260 g/mol. The summed E-state index contributed by atoms with van der Waals surface area (Å²) >= 11 is 0. The van der Waals surface area contributed by atoms with E-state index in [0.29, 0.717) is 6.07 Å². The monoisotopic (exact) mass is 260 g/mol. The van der Waals surface area contributed by atoms with Crippen LogP contribution in [0.4, 0.5) is 17.6 Å². The zero-order valence-corrected chi connectivity index (χ0v) is 9.27. The number of esters is 1. The third-order valence-electron chi connectivity index (χ3n) is 1.97. The fourth-order valence-electron chi connectivity index (χ4n) is 1.14. The fraction of sp³-hybridized carbons (Fsp3) is 0.250. The first-order valence-electron chi connectivity index (χ1n) is 4.77. The first kappa shape index (κ1) is 14.0. The number of hydrogen-bond acceptors (Lipinski definition) is 2. The summed E-state index contributed by atoms with van der Waals surface area (Å²) in [4.78, 5) is 10.7. The molecule has 0 atom stereocenters. The highest BCUT2D eigenvalue weighted by Gasteiger charge is 2.33. The highest BCUT2D eigenvalue weighted by molar-refractivity contribution is 5.72. The van der Waals surface area contributed by atoms with Crippen LogP contribution in [0.2, 0.25) is 0 Å². The van der Waals surface area contributed by atoms with Gasteiger partial charge in [0.05, 0.1) is 12.7 Å². The summed E-state index contributed by atoms with van der Waals surface area (Å²) in [5.41, 5.74) is -1.55. The van der Waals surface area contributed by atoms with Gasteiger partial charge in [0.15, 0.2) is 0 Å². The maximum absolute atomic E-state index is 12.8. The first-order chi connectivity index (χ1) is 8.34. The molecule has 1 aromatic carbocycles. The van der Waals surface area contributed by atoms with E-state index in [-0.39, 0.29) is 12.0 Å². The highest BCUT2D eigenvalue weighted by atomic mass is 19.4. The Kier molecular flexibility index (Phi) is 4.32. The Hall–Kier alpha value is -2.03. The Morgan fingerprint density at radius 1 is 1.39 bits per heavy atom. The van der Waals surface area contributed by atoms with Crippen molar-refractivity contribution in [3.8, 4) is 11.8 Å². The Morgan fingerprint density at radius 2 is 2.06 bits per heavy atom. The molecule has 6 heteroatoms. The van der Waals surface area contributed by atoms with Crippen LogP contribution >= 0.6 is 0 Å². The quantitative estimate of drug-likeness (QED) is 0.441. The van der Waals surface area contributed by atoms with Crippen LogP contribution in [-0.2, 0) is 15.7 Å². The molecule has 0 aromatic heterocycles. The van der Waals surface area contributed by atoms with E-state index >= 15 is 0 Å². The van der Waals surface area contributed by atoms with E-state index in [4.69, 9.17) is 0 Å². The molecule has 0 radical (unpaired) electrons. The minimum atomic E-state index is -4.70. The molecule has 18 heavy (non-hydrogen) atoms. The van der Waals surface area contributed by atoms with Gasteiger partial charge < -0.3 is 4.74 Å². The summed E-state index contributed by atoms with van der Waals surface area (Å²) in [5, 5.41) is 0. The molecular weight excluding hydrogens is 252 g/mol. The summed E-state index contributed by atoms with van der Waals surface area (Å²) in [6.45, 7) is 0. The normalized spacial score (nSPS) is 10.5. The van der Waals surface area contributed by atoms with E-state index in [1.807, 2.05) is 0 Å². The van der Waals surface area contributed by atoms with Crippen LogP contribution < -0.4 is 0 Å². The maximum Gasteiger partial charge on any atom is 0.417 e. The number of alkyl halides is 3. The van der Waals surface area contributed by atoms with Crippen molar-refractivity contribution in [1.82, 2.24) is 0 Å². The van der Waals surface area contributed by atoms with Gasteiger partial charge in [-0.05, 0) is 18.2 Å². The van der Waals surface area contributed by atoms with Crippen molar-refractivity contribution in [2.24, 2.45) is 0 Å². The topological polar surface area (TPSA) is 26.3 Å². The van der Waals surface area contributed by atoms with E-state index in [1.54, 1.807) is 0 Å². The molecule has 0 fully saturated rings. The van der Waals surface area contributed by atoms with E-state index in [2.05, 4.69) is 16.6 Å². The lowest BCUT2D eigenvalue weighted by atomic mass is 10.1. The molecule has 0 amide bonds. The number of ether oxygens (including phenoxy) is 1. The van der Waals surface area contributed by atoms with Gasteiger partial charge >= 0.3 is 12.1 Å². The molecule has 1 rings (SSSR count). The lowest BCUT2D eigenvalue weighted by molar-refractivity contribution is -0.139. The molecule has 96 valence electrons. The largest absolute Gasteiger partial charge is 0.468 e. The number of hydrogen-bond donors (Lipinski definition) is 0. The molecule has 1 aromatic rings. The molecule has 0 aliphatic carbocycles. The molecule has 0 saturated heterocycles.